The van der Waals surface area contributed by atoms with E-state index in [-0.39, 0.29) is 11.3 Å². The first kappa shape index (κ1) is 15.0. The fraction of sp³-hybridized carbons (Fsp3) is 0.857. The summed E-state index contributed by atoms with van der Waals surface area (Å²) < 4.78 is 23.0. The van der Waals surface area contributed by atoms with Crippen molar-refractivity contribution in [2.45, 2.75) is 62.7 Å². The Morgan fingerprint density at radius 3 is 2.42 bits per heavy atom. The van der Waals surface area contributed by atoms with Gasteiger partial charge in [-0.2, -0.15) is 0 Å². The lowest BCUT2D eigenvalue weighted by molar-refractivity contribution is 0.305. The van der Waals surface area contributed by atoms with Crippen LogP contribution in [0.3, 0.4) is 0 Å². The molecule has 4 N–H and O–H groups in total. The Bertz CT molecular complexity index is 490. The summed E-state index contributed by atoms with van der Waals surface area (Å²) in [5.41, 5.74) is 5.75. The molecule has 0 bridgehead atoms. The number of rotatable bonds is 7. The van der Waals surface area contributed by atoms with E-state index in [0.717, 1.165) is 32.1 Å². The molecule has 0 aromatic carbocycles. The normalized spacial score (nSPS) is 44.9. The fourth-order valence-corrected chi connectivity index (χ4v) is 5.26. The van der Waals surface area contributed by atoms with Crippen molar-refractivity contribution < 1.29 is 8.42 Å². The highest BCUT2D eigenvalue weighted by atomic mass is 32.2. The summed E-state index contributed by atoms with van der Waals surface area (Å²) in [4.78, 5) is 0. The molecule has 0 saturated heterocycles. The first-order chi connectivity index (χ1) is 8.68. The van der Waals surface area contributed by atoms with Crippen molar-refractivity contribution in [1.82, 2.24) is 0 Å². The molecule has 0 spiro atoms. The molecule has 110 valence electrons. The van der Waals surface area contributed by atoms with Gasteiger partial charge in [-0.15, -0.1) is 6.58 Å². The van der Waals surface area contributed by atoms with Gasteiger partial charge in [0.05, 0.1) is 4.75 Å². The summed E-state index contributed by atoms with van der Waals surface area (Å²) in [5.74, 6) is 0.234. The van der Waals surface area contributed by atoms with Crippen molar-refractivity contribution in [3.05, 3.63) is 12.7 Å². The fourth-order valence-electron chi connectivity index (χ4n) is 3.97. The van der Waals surface area contributed by atoms with Crippen LogP contribution >= 0.6 is 0 Å². The number of unbranched alkanes of at least 4 members (excludes halogenated alkanes) is 2. The predicted molar refractivity (Wildman–Crippen MR) is 77.9 cm³/mol. The van der Waals surface area contributed by atoms with Crippen LogP contribution in [0.5, 0.6) is 0 Å². The summed E-state index contributed by atoms with van der Waals surface area (Å²) in [6.07, 6.45) is 7.40. The number of hydrogen-bond donors (Lipinski definition) is 2. The van der Waals surface area contributed by atoms with Crippen molar-refractivity contribution in [3.63, 3.8) is 0 Å². The zero-order valence-corrected chi connectivity index (χ0v) is 12.8. The smallest absolute Gasteiger partial charge is 0.215 e. The quantitative estimate of drug-likeness (QED) is 0.553. The summed E-state index contributed by atoms with van der Waals surface area (Å²) in [6.45, 7) is 7.71. The Hall–Kier alpha value is -0.390. The molecule has 2 fully saturated rings. The maximum atomic E-state index is 11.9. The van der Waals surface area contributed by atoms with Crippen LogP contribution in [0.4, 0.5) is 0 Å². The van der Waals surface area contributed by atoms with Crippen molar-refractivity contribution in [3.8, 4) is 0 Å². The van der Waals surface area contributed by atoms with Crippen molar-refractivity contribution in [2.24, 2.45) is 22.2 Å². The van der Waals surface area contributed by atoms with Crippen LogP contribution < -0.4 is 10.9 Å². The third kappa shape index (κ3) is 1.89. The van der Waals surface area contributed by atoms with E-state index in [1.807, 2.05) is 6.08 Å². The molecule has 0 unspecified atom stereocenters. The monoisotopic (exact) mass is 286 g/mol. The molecule has 2 aliphatic carbocycles. The van der Waals surface area contributed by atoms with E-state index in [4.69, 9.17) is 10.9 Å². The number of nitrogens with two attached hydrogens (primary N) is 2. The first-order valence-electron chi connectivity index (χ1n) is 7.12. The number of hydrogen-bond acceptors (Lipinski definition) is 3. The molecule has 0 amide bonds. The molecule has 0 heterocycles. The largest absolute Gasteiger partial charge is 0.324 e. The second-order valence-electron chi connectivity index (χ2n) is 6.58. The standard InChI is InChI=1S/C14H26N2O2S/c1-4-6-7-8-13(14(15)9-11(14)5-2)10-12(13,3)19(16,17)18/h5,11H,2,4,6-10,15H2,1,3H3,(H2,16,17,18)/t11-,12+,13-,14+/m0/s1. The molecular formula is C14H26N2O2S. The molecule has 2 saturated carbocycles. The minimum atomic E-state index is -3.56. The van der Waals surface area contributed by atoms with E-state index >= 15 is 0 Å². The SMILES string of the molecule is C=C[C@H]1C[C@]1(N)[C@@]1(CCCCC)C[C@@]1(C)S(N)(=O)=O. The van der Waals surface area contributed by atoms with E-state index in [1.165, 1.54) is 0 Å². The predicted octanol–water partition coefficient (Wildman–Crippen LogP) is 1.91. The molecule has 0 radical (unpaired) electrons. The van der Waals surface area contributed by atoms with E-state index in [1.54, 1.807) is 6.92 Å². The molecule has 4 atom stereocenters. The topological polar surface area (TPSA) is 86.2 Å². The highest BCUT2D eigenvalue weighted by Gasteiger charge is 2.82. The van der Waals surface area contributed by atoms with Gasteiger partial charge in [-0.1, -0.05) is 32.3 Å². The van der Waals surface area contributed by atoms with E-state index < -0.39 is 20.3 Å². The molecule has 2 rings (SSSR count). The molecule has 0 aliphatic heterocycles. The highest BCUT2D eigenvalue weighted by molar-refractivity contribution is 7.90. The average Bonchev–Trinajstić information content (AvgIpc) is 3.15. The van der Waals surface area contributed by atoms with E-state index in [2.05, 4.69) is 13.5 Å². The minimum absolute atomic E-state index is 0.234. The van der Waals surface area contributed by atoms with Gasteiger partial charge in [0, 0.05) is 11.0 Å². The third-order valence-electron chi connectivity index (χ3n) is 5.60. The van der Waals surface area contributed by atoms with Gasteiger partial charge in [0.2, 0.25) is 10.0 Å². The molecule has 4 nitrogen and oxygen atoms in total. The summed E-state index contributed by atoms with van der Waals surface area (Å²) in [7, 11) is -3.56. The number of sulfonamides is 1. The Morgan fingerprint density at radius 2 is 2.05 bits per heavy atom. The second-order valence-corrected chi connectivity index (χ2v) is 8.57. The molecule has 2 aliphatic rings. The Morgan fingerprint density at radius 1 is 1.42 bits per heavy atom. The Kier molecular flexibility index (Phi) is 3.40. The first-order valence-corrected chi connectivity index (χ1v) is 8.67. The highest BCUT2D eigenvalue weighted by Crippen LogP contribution is 2.75. The molecule has 5 heteroatoms. The maximum absolute atomic E-state index is 11.9. The molecule has 0 aromatic heterocycles. The minimum Gasteiger partial charge on any atom is -0.324 e. The molecule has 19 heavy (non-hydrogen) atoms. The molecule has 0 aromatic rings. The van der Waals surface area contributed by atoms with E-state index in [9.17, 15) is 8.42 Å². The van der Waals surface area contributed by atoms with Gasteiger partial charge in [-0.25, -0.2) is 13.6 Å². The summed E-state index contributed by atoms with van der Waals surface area (Å²) in [5, 5.41) is 5.46. The van der Waals surface area contributed by atoms with Gasteiger partial charge in [0.15, 0.2) is 0 Å². The maximum Gasteiger partial charge on any atom is 0.215 e. The van der Waals surface area contributed by atoms with Gasteiger partial charge in [-0.3, -0.25) is 0 Å². The van der Waals surface area contributed by atoms with Crippen LogP contribution in [0, 0.1) is 11.3 Å². The second kappa shape index (κ2) is 4.30. The van der Waals surface area contributed by atoms with Gasteiger partial charge < -0.3 is 5.73 Å². The molecular weight excluding hydrogens is 260 g/mol. The zero-order chi connectivity index (χ0) is 14.5. The van der Waals surface area contributed by atoms with Crippen molar-refractivity contribution in [2.75, 3.05) is 0 Å². The van der Waals surface area contributed by atoms with Crippen LogP contribution in [0.1, 0.15) is 52.4 Å². The van der Waals surface area contributed by atoms with Crippen molar-refractivity contribution >= 4 is 10.0 Å². The lowest BCUT2D eigenvalue weighted by atomic mass is 9.84. The third-order valence-corrected chi connectivity index (χ3v) is 7.39. The summed E-state index contributed by atoms with van der Waals surface area (Å²) in [6, 6.07) is 0. The van der Waals surface area contributed by atoms with Crippen LogP contribution in [0.2, 0.25) is 0 Å². The Balaban J connectivity index is 2.26. The number of primary sulfonamides is 1. The van der Waals surface area contributed by atoms with Gasteiger partial charge in [0.25, 0.3) is 0 Å². The van der Waals surface area contributed by atoms with Crippen LogP contribution in [-0.4, -0.2) is 18.7 Å². The van der Waals surface area contributed by atoms with Gasteiger partial charge in [-0.05, 0) is 32.1 Å². The Labute approximate surface area is 116 Å². The van der Waals surface area contributed by atoms with Gasteiger partial charge in [0.1, 0.15) is 0 Å². The van der Waals surface area contributed by atoms with Crippen LogP contribution in [0.15, 0.2) is 12.7 Å². The zero-order valence-electron chi connectivity index (χ0n) is 12.0. The lowest BCUT2D eigenvalue weighted by Gasteiger charge is -2.29. The summed E-state index contributed by atoms with van der Waals surface area (Å²) >= 11 is 0. The van der Waals surface area contributed by atoms with Crippen LogP contribution in [0.25, 0.3) is 0 Å². The van der Waals surface area contributed by atoms with Gasteiger partial charge >= 0.3 is 0 Å². The van der Waals surface area contributed by atoms with Crippen LogP contribution in [-0.2, 0) is 10.0 Å². The lowest BCUT2D eigenvalue weighted by Crippen LogP contribution is -2.45. The van der Waals surface area contributed by atoms with E-state index in [0.29, 0.717) is 6.42 Å². The average molecular weight is 286 g/mol. The van der Waals surface area contributed by atoms with Crippen molar-refractivity contribution in [1.29, 1.82) is 0 Å².